The normalized spacial score (nSPS) is 10.4. The molecule has 0 unspecified atom stereocenters. The number of hydrogen-bond acceptors (Lipinski definition) is 2. The van der Waals surface area contributed by atoms with E-state index in [1.165, 1.54) is 12.1 Å². The second kappa shape index (κ2) is 5.57. The Hall–Kier alpha value is -2.28. The molecule has 1 heterocycles. The van der Waals surface area contributed by atoms with Gasteiger partial charge in [0, 0.05) is 12.2 Å². The van der Waals surface area contributed by atoms with Crippen LogP contribution in [-0.4, -0.2) is 4.57 Å². The maximum Gasteiger partial charge on any atom is 0.123 e. The number of nitrogens with zero attached hydrogens (tertiary/aromatic N) is 2. The highest BCUT2D eigenvalue weighted by molar-refractivity contribution is 5.51. The zero-order valence-corrected chi connectivity index (χ0v) is 10.9. The molecule has 0 spiro atoms. The predicted octanol–water partition coefficient (Wildman–Crippen LogP) is 3.08. The number of nitriles is 1. The predicted molar refractivity (Wildman–Crippen MR) is 73.1 cm³/mol. The molecule has 2 aromatic rings. The Kier molecular flexibility index (Phi) is 3.86. The van der Waals surface area contributed by atoms with Crippen LogP contribution in [0.2, 0.25) is 0 Å². The average Bonchev–Trinajstić information content (AvgIpc) is 2.70. The fourth-order valence-corrected chi connectivity index (χ4v) is 2.17. The lowest BCUT2D eigenvalue weighted by Crippen LogP contribution is -2.07. The number of hydrogen-bond donors (Lipinski definition) is 1. The zero-order chi connectivity index (χ0) is 13.8. The SMILES string of the molecule is CCCc1c(N)cc(C#N)n1Cc1ccc(F)cc1. The highest BCUT2D eigenvalue weighted by Crippen LogP contribution is 2.21. The van der Waals surface area contributed by atoms with Crippen molar-refractivity contribution in [2.75, 3.05) is 5.73 Å². The van der Waals surface area contributed by atoms with E-state index in [2.05, 4.69) is 13.0 Å². The molecule has 2 rings (SSSR count). The van der Waals surface area contributed by atoms with Crippen molar-refractivity contribution in [2.45, 2.75) is 26.3 Å². The van der Waals surface area contributed by atoms with Crippen molar-refractivity contribution in [1.29, 1.82) is 5.26 Å². The molecule has 0 saturated heterocycles. The molecular weight excluding hydrogens is 241 g/mol. The van der Waals surface area contributed by atoms with Gasteiger partial charge < -0.3 is 10.3 Å². The third kappa shape index (κ3) is 2.76. The van der Waals surface area contributed by atoms with E-state index in [0.29, 0.717) is 17.9 Å². The Morgan fingerprint density at radius 1 is 1.32 bits per heavy atom. The van der Waals surface area contributed by atoms with Crippen molar-refractivity contribution in [1.82, 2.24) is 4.57 Å². The molecule has 0 fully saturated rings. The molecule has 0 aliphatic carbocycles. The summed E-state index contributed by atoms with van der Waals surface area (Å²) in [5.41, 5.74) is 9.07. The van der Waals surface area contributed by atoms with E-state index in [0.717, 1.165) is 24.1 Å². The number of nitrogen functional groups attached to an aromatic ring is 1. The highest BCUT2D eigenvalue weighted by atomic mass is 19.1. The molecule has 0 saturated carbocycles. The molecule has 1 aromatic heterocycles. The van der Waals surface area contributed by atoms with Crippen molar-refractivity contribution < 1.29 is 4.39 Å². The Morgan fingerprint density at radius 2 is 2.00 bits per heavy atom. The molecule has 98 valence electrons. The van der Waals surface area contributed by atoms with E-state index in [9.17, 15) is 4.39 Å². The van der Waals surface area contributed by atoms with Gasteiger partial charge in [-0.05, 0) is 30.2 Å². The lowest BCUT2D eigenvalue weighted by Gasteiger charge is -2.11. The molecular formula is C15H16FN3. The minimum atomic E-state index is -0.259. The summed E-state index contributed by atoms with van der Waals surface area (Å²) in [6.45, 7) is 2.61. The molecule has 0 bridgehead atoms. The molecule has 1 aromatic carbocycles. The molecule has 3 nitrogen and oxygen atoms in total. The Bertz CT molecular complexity index is 606. The first-order valence-corrected chi connectivity index (χ1v) is 6.28. The van der Waals surface area contributed by atoms with Gasteiger partial charge in [0.1, 0.15) is 17.6 Å². The Balaban J connectivity index is 2.37. The van der Waals surface area contributed by atoms with Crippen LogP contribution in [-0.2, 0) is 13.0 Å². The average molecular weight is 257 g/mol. The number of nitrogens with two attached hydrogens (primary N) is 1. The minimum Gasteiger partial charge on any atom is -0.397 e. The molecule has 0 aliphatic rings. The first-order valence-electron chi connectivity index (χ1n) is 6.28. The Morgan fingerprint density at radius 3 is 2.58 bits per heavy atom. The van der Waals surface area contributed by atoms with Crippen LogP contribution in [0, 0.1) is 17.1 Å². The van der Waals surface area contributed by atoms with Crippen molar-refractivity contribution in [3.05, 3.63) is 53.1 Å². The van der Waals surface area contributed by atoms with Crippen molar-refractivity contribution in [3.8, 4) is 6.07 Å². The van der Waals surface area contributed by atoms with Crippen molar-refractivity contribution in [3.63, 3.8) is 0 Å². The van der Waals surface area contributed by atoms with Gasteiger partial charge in [0.25, 0.3) is 0 Å². The van der Waals surface area contributed by atoms with Crippen LogP contribution in [0.4, 0.5) is 10.1 Å². The molecule has 0 amide bonds. The van der Waals surface area contributed by atoms with Crippen molar-refractivity contribution >= 4 is 5.69 Å². The van der Waals surface area contributed by atoms with Gasteiger partial charge in [-0.2, -0.15) is 5.26 Å². The molecule has 19 heavy (non-hydrogen) atoms. The van der Waals surface area contributed by atoms with E-state index in [-0.39, 0.29) is 5.82 Å². The van der Waals surface area contributed by atoms with Crippen LogP contribution in [0.25, 0.3) is 0 Å². The van der Waals surface area contributed by atoms with Gasteiger partial charge in [0.05, 0.1) is 5.69 Å². The smallest absolute Gasteiger partial charge is 0.123 e. The first-order chi connectivity index (χ1) is 9.15. The zero-order valence-electron chi connectivity index (χ0n) is 10.9. The third-order valence-electron chi connectivity index (χ3n) is 3.10. The maximum absolute atomic E-state index is 12.9. The number of rotatable bonds is 4. The van der Waals surface area contributed by atoms with Gasteiger partial charge in [0.2, 0.25) is 0 Å². The quantitative estimate of drug-likeness (QED) is 0.915. The van der Waals surface area contributed by atoms with Gasteiger partial charge in [-0.15, -0.1) is 0 Å². The number of anilines is 1. The summed E-state index contributed by atoms with van der Waals surface area (Å²) in [5, 5.41) is 9.16. The molecule has 0 atom stereocenters. The lowest BCUT2D eigenvalue weighted by molar-refractivity contribution is 0.625. The number of halogens is 1. The fraction of sp³-hybridized carbons (Fsp3) is 0.267. The summed E-state index contributed by atoms with van der Waals surface area (Å²) in [5.74, 6) is -0.259. The monoisotopic (exact) mass is 257 g/mol. The highest BCUT2D eigenvalue weighted by Gasteiger charge is 2.12. The van der Waals surface area contributed by atoms with Crippen molar-refractivity contribution in [2.24, 2.45) is 0 Å². The van der Waals surface area contributed by atoms with Crippen LogP contribution < -0.4 is 5.73 Å². The molecule has 0 radical (unpaired) electrons. The summed E-state index contributed by atoms with van der Waals surface area (Å²) in [4.78, 5) is 0. The minimum absolute atomic E-state index is 0.259. The maximum atomic E-state index is 12.9. The van der Waals surface area contributed by atoms with Gasteiger partial charge in [-0.25, -0.2) is 4.39 Å². The summed E-state index contributed by atoms with van der Waals surface area (Å²) in [6.07, 6.45) is 1.79. The van der Waals surface area contributed by atoms with Crippen LogP contribution in [0.15, 0.2) is 30.3 Å². The molecule has 0 aliphatic heterocycles. The van der Waals surface area contributed by atoms with E-state index in [1.807, 2.05) is 4.57 Å². The van der Waals surface area contributed by atoms with Gasteiger partial charge in [-0.3, -0.25) is 0 Å². The summed E-state index contributed by atoms with van der Waals surface area (Å²) in [7, 11) is 0. The second-order valence-corrected chi connectivity index (χ2v) is 4.51. The largest absolute Gasteiger partial charge is 0.397 e. The van der Waals surface area contributed by atoms with E-state index in [4.69, 9.17) is 11.0 Å². The number of aromatic nitrogens is 1. The fourth-order valence-electron chi connectivity index (χ4n) is 2.17. The third-order valence-corrected chi connectivity index (χ3v) is 3.10. The van der Waals surface area contributed by atoms with E-state index in [1.54, 1.807) is 18.2 Å². The summed E-state index contributed by atoms with van der Waals surface area (Å²) in [6, 6.07) is 10.2. The lowest BCUT2D eigenvalue weighted by atomic mass is 10.2. The van der Waals surface area contributed by atoms with Crippen LogP contribution in [0.5, 0.6) is 0 Å². The van der Waals surface area contributed by atoms with Gasteiger partial charge in [0.15, 0.2) is 0 Å². The van der Waals surface area contributed by atoms with Gasteiger partial charge >= 0.3 is 0 Å². The van der Waals surface area contributed by atoms with Crippen LogP contribution in [0.1, 0.15) is 30.3 Å². The molecule has 4 heteroatoms. The standard InChI is InChI=1S/C15H16FN3/c1-2-3-15-14(18)8-13(9-17)19(15)10-11-4-6-12(16)7-5-11/h4-8H,2-3,10,18H2,1H3. The van der Waals surface area contributed by atoms with E-state index >= 15 is 0 Å². The Labute approximate surface area is 112 Å². The topological polar surface area (TPSA) is 54.7 Å². The first kappa shape index (κ1) is 13.2. The van der Waals surface area contributed by atoms with Gasteiger partial charge in [-0.1, -0.05) is 25.5 Å². The van der Waals surface area contributed by atoms with Crippen LogP contribution in [0.3, 0.4) is 0 Å². The summed E-state index contributed by atoms with van der Waals surface area (Å²) < 4.78 is 14.8. The van der Waals surface area contributed by atoms with Crippen LogP contribution >= 0.6 is 0 Å². The summed E-state index contributed by atoms with van der Waals surface area (Å²) >= 11 is 0. The molecule has 2 N–H and O–H groups in total. The second-order valence-electron chi connectivity index (χ2n) is 4.51. The van der Waals surface area contributed by atoms with E-state index < -0.39 is 0 Å². The number of benzene rings is 1.